The summed E-state index contributed by atoms with van der Waals surface area (Å²) in [6.45, 7) is 2.87. The molecule has 0 spiro atoms. The van der Waals surface area contributed by atoms with Gasteiger partial charge in [-0.05, 0) is 19.4 Å². The molecule has 6 heteroatoms. The van der Waals surface area contributed by atoms with Crippen molar-refractivity contribution in [2.24, 2.45) is 0 Å². The van der Waals surface area contributed by atoms with Crippen molar-refractivity contribution < 1.29 is 0 Å². The molecule has 0 radical (unpaired) electrons. The third kappa shape index (κ3) is 2.21. The van der Waals surface area contributed by atoms with Crippen molar-refractivity contribution in [1.82, 2.24) is 19.9 Å². The van der Waals surface area contributed by atoms with Gasteiger partial charge in [0, 0.05) is 32.1 Å². The molecule has 0 aliphatic carbocycles. The monoisotopic (exact) mass is 256 g/mol. The summed E-state index contributed by atoms with van der Waals surface area (Å²) in [6, 6.07) is 4.06. The van der Waals surface area contributed by atoms with Crippen molar-refractivity contribution in [3.05, 3.63) is 36.0 Å². The highest BCUT2D eigenvalue weighted by Gasteiger charge is 2.32. The van der Waals surface area contributed by atoms with Crippen molar-refractivity contribution in [3.8, 4) is 0 Å². The van der Waals surface area contributed by atoms with E-state index >= 15 is 0 Å². The van der Waals surface area contributed by atoms with E-state index in [0.717, 1.165) is 36.3 Å². The first-order valence-electron chi connectivity index (χ1n) is 6.35. The van der Waals surface area contributed by atoms with Crippen LogP contribution in [0.3, 0.4) is 0 Å². The van der Waals surface area contributed by atoms with Crippen LogP contribution in [0, 0.1) is 6.92 Å². The molecule has 3 heterocycles. The minimum atomic E-state index is 0.246. The number of hydrogen-bond donors (Lipinski definition) is 1. The van der Waals surface area contributed by atoms with E-state index in [0.29, 0.717) is 0 Å². The zero-order chi connectivity index (χ0) is 13.2. The van der Waals surface area contributed by atoms with Crippen molar-refractivity contribution in [2.45, 2.75) is 19.4 Å². The maximum atomic E-state index is 4.53. The van der Waals surface area contributed by atoms with Gasteiger partial charge in [-0.3, -0.25) is 0 Å². The number of hydrogen-bond acceptors (Lipinski definition) is 6. The molecule has 0 aromatic carbocycles. The maximum Gasteiger partial charge on any atom is 0.225 e. The smallest absolute Gasteiger partial charge is 0.225 e. The quantitative estimate of drug-likeness (QED) is 0.899. The van der Waals surface area contributed by atoms with Crippen LogP contribution in [-0.2, 0) is 0 Å². The molecule has 2 aromatic heterocycles. The van der Waals surface area contributed by atoms with Gasteiger partial charge >= 0.3 is 0 Å². The van der Waals surface area contributed by atoms with E-state index in [2.05, 4.69) is 30.2 Å². The molecule has 6 nitrogen and oxygen atoms in total. The molecule has 1 saturated heterocycles. The van der Waals surface area contributed by atoms with Crippen LogP contribution in [0.1, 0.15) is 24.0 Å². The fourth-order valence-electron chi connectivity index (χ4n) is 2.26. The Morgan fingerprint density at radius 2 is 2.05 bits per heavy atom. The zero-order valence-corrected chi connectivity index (χ0v) is 11.0. The Bertz CT molecular complexity index is 571. The van der Waals surface area contributed by atoms with Crippen LogP contribution in [0.2, 0.25) is 0 Å². The van der Waals surface area contributed by atoms with Gasteiger partial charge in [-0.25, -0.2) is 19.9 Å². The van der Waals surface area contributed by atoms with Crippen LogP contribution in [-0.4, -0.2) is 33.5 Å². The largest absolute Gasteiger partial charge is 0.373 e. The van der Waals surface area contributed by atoms with E-state index < -0.39 is 0 Å². The Hall–Kier alpha value is -2.24. The second-order valence-corrected chi connectivity index (χ2v) is 4.52. The second kappa shape index (κ2) is 4.79. The highest BCUT2D eigenvalue weighted by atomic mass is 15.3. The molecular formula is C13H16N6. The van der Waals surface area contributed by atoms with Gasteiger partial charge in [-0.1, -0.05) is 0 Å². The molecule has 0 bridgehead atoms. The first kappa shape index (κ1) is 11.8. The van der Waals surface area contributed by atoms with Crippen LogP contribution in [0.15, 0.2) is 24.5 Å². The predicted molar refractivity (Wildman–Crippen MR) is 73.1 cm³/mol. The minimum Gasteiger partial charge on any atom is -0.373 e. The van der Waals surface area contributed by atoms with Gasteiger partial charge < -0.3 is 10.2 Å². The van der Waals surface area contributed by atoms with E-state index in [4.69, 9.17) is 0 Å². The number of nitrogens with one attached hydrogen (secondary N) is 1. The van der Waals surface area contributed by atoms with Gasteiger partial charge in [0.15, 0.2) is 0 Å². The number of rotatable bonds is 3. The molecule has 98 valence electrons. The summed E-state index contributed by atoms with van der Waals surface area (Å²) in [4.78, 5) is 19.6. The standard InChI is InChI=1S/C13H16N6/c1-9-17-10(8-12(14-2)18-9)11-4-7-19(11)13-15-5-3-6-16-13/h3,5-6,8,11H,4,7H2,1-2H3,(H,14,17,18)/t11-/m0/s1. The summed E-state index contributed by atoms with van der Waals surface area (Å²) < 4.78 is 0. The third-order valence-electron chi connectivity index (χ3n) is 3.28. The number of nitrogens with zero attached hydrogens (tertiary/aromatic N) is 5. The Labute approximate surface area is 111 Å². The zero-order valence-electron chi connectivity index (χ0n) is 11.0. The van der Waals surface area contributed by atoms with E-state index in [-0.39, 0.29) is 6.04 Å². The van der Waals surface area contributed by atoms with Crippen LogP contribution < -0.4 is 10.2 Å². The molecule has 19 heavy (non-hydrogen) atoms. The minimum absolute atomic E-state index is 0.246. The predicted octanol–water partition coefficient (Wildman–Crippen LogP) is 1.57. The fourth-order valence-corrected chi connectivity index (χ4v) is 2.26. The fraction of sp³-hybridized carbons (Fsp3) is 0.385. The normalized spacial score (nSPS) is 18.0. The first-order valence-corrected chi connectivity index (χ1v) is 6.35. The third-order valence-corrected chi connectivity index (χ3v) is 3.28. The number of anilines is 2. The summed E-state index contributed by atoms with van der Waals surface area (Å²) in [7, 11) is 1.87. The van der Waals surface area contributed by atoms with Gasteiger partial charge in [0.2, 0.25) is 5.95 Å². The molecule has 0 amide bonds. The Morgan fingerprint density at radius 1 is 1.26 bits per heavy atom. The van der Waals surface area contributed by atoms with Crippen LogP contribution in [0.5, 0.6) is 0 Å². The lowest BCUT2D eigenvalue weighted by molar-refractivity contribution is 0.444. The Morgan fingerprint density at radius 3 is 2.68 bits per heavy atom. The molecule has 1 fully saturated rings. The van der Waals surface area contributed by atoms with E-state index in [9.17, 15) is 0 Å². The molecule has 1 aliphatic heterocycles. The molecule has 0 saturated carbocycles. The summed E-state index contributed by atoms with van der Waals surface area (Å²) >= 11 is 0. The summed E-state index contributed by atoms with van der Waals surface area (Å²) in [5.74, 6) is 2.40. The van der Waals surface area contributed by atoms with Crippen LogP contribution in [0.25, 0.3) is 0 Å². The molecule has 1 N–H and O–H groups in total. The second-order valence-electron chi connectivity index (χ2n) is 4.52. The van der Waals surface area contributed by atoms with E-state index in [1.807, 2.05) is 26.1 Å². The van der Waals surface area contributed by atoms with Crippen molar-refractivity contribution in [3.63, 3.8) is 0 Å². The lowest BCUT2D eigenvalue weighted by atomic mass is 10.00. The maximum absolute atomic E-state index is 4.53. The molecule has 1 aliphatic rings. The summed E-state index contributed by atoms with van der Waals surface area (Å²) in [6.07, 6.45) is 4.60. The number of aryl methyl sites for hydroxylation is 1. The molecule has 0 unspecified atom stereocenters. The van der Waals surface area contributed by atoms with Gasteiger partial charge in [0.05, 0.1) is 11.7 Å². The molecule has 1 atom stereocenters. The molecule has 3 rings (SSSR count). The highest BCUT2D eigenvalue weighted by molar-refractivity contribution is 5.43. The van der Waals surface area contributed by atoms with Crippen molar-refractivity contribution in [2.75, 3.05) is 23.8 Å². The van der Waals surface area contributed by atoms with Crippen molar-refractivity contribution >= 4 is 11.8 Å². The van der Waals surface area contributed by atoms with Crippen molar-refractivity contribution in [1.29, 1.82) is 0 Å². The summed E-state index contributed by atoms with van der Waals surface area (Å²) in [5.41, 5.74) is 1.02. The Kier molecular flexibility index (Phi) is 2.98. The lowest BCUT2D eigenvalue weighted by Crippen LogP contribution is -2.42. The average molecular weight is 256 g/mol. The topological polar surface area (TPSA) is 66.8 Å². The average Bonchev–Trinajstić information content (AvgIpc) is 2.38. The van der Waals surface area contributed by atoms with Gasteiger partial charge in [0.25, 0.3) is 0 Å². The van der Waals surface area contributed by atoms with Gasteiger partial charge in [-0.15, -0.1) is 0 Å². The number of aromatic nitrogens is 4. The van der Waals surface area contributed by atoms with Crippen LogP contribution >= 0.6 is 0 Å². The van der Waals surface area contributed by atoms with E-state index in [1.165, 1.54) is 0 Å². The Balaban J connectivity index is 1.89. The highest BCUT2D eigenvalue weighted by Crippen LogP contribution is 2.35. The summed E-state index contributed by atoms with van der Waals surface area (Å²) in [5, 5.41) is 3.06. The van der Waals surface area contributed by atoms with E-state index in [1.54, 1.807) is 12.4 Å². The lowest BCUT2D eigenvalue weighted by Gasteiger charge is -2.40. The first-order chi connectivity index (χ1) is 9.28. The van der Waals surface area contributed by atoms with Gasteiger partial charge in [-0.2, -0.15) is 0 Å². The molecule has 2 aromatic rings. The van der Waals surface area contributed by atoms with Crippen LogP contribution in [0.4, 0.5) is 11.8 Å². The SMILES string of the molecule is CNc1cc([C@@H]2CCN2c2ncccn2)nc(C)n1. The molecular weight excluding hydrogens is 240 g/mol. The van der Waals surface area contributed by atoms with Gasteiger partial charge in [0.1, 0.15) is 11.6 Å².